The van der Waals surface area contributed by atoms with Crippen LogP contribution in [0.3, 0.4) is 0 Å². The first kappa shape index (κ1) is 20.7. The number of hydrogen-bond acceptors (Lipinski definition) is 4. The number of nitrogens with one attached hydrogen (secondary N) is 2. The Morgan fingerprint density at radius 2 is 1.76 bits per heavy atom. The smallest absolute Gasteiger partial charge is 0.238 e. The lowest BCUT2D eigenvalue weighted by Crippen LogP contribution is -2.40. The summed E-state index contributed by atoms with van der Waals surface area (Å²) in [5, 5.41) is 7.64. The zero-order valence-electron chi connectivity index (χ0n) is 16.0. The Morgan fingerprint density at radius 3 is 2.45 bits per heavy atom. The second kappa shape index (κ2) is 9.95. The molecule has 1 atom stereocenters. The third-order valence-corrected chi connectivity index (χ3v) is 5.14. The topological polar surface area (TPSA) is 61.4 Å². The third-order valence-electron chi connectivity index (χ3n) is 4.20. The van der Waals surface area contributed by atoms with Gasteiger partial charge in [0, 0.05) is 10.6 Å². The van der Waals surface area contributed by atoms with E-state index in [4.69, 9.17) is 0 Å². The van der Waals surface area contributed by atoms with Crippen molar-refractivity contribution in [3.05, 3.63) is 88.4 Å². The van der Waals surface area contributed by atoms with Gasteiger partial charge in [-0.3, -0.25) is 14.5 Å². The molecule has 2 aromatic carbocycles. The Kier molecular flexibility index (Phi) is 7.10. The number of nitrogens with zero attached hydrogens (tertiary/aromatic N) is 1. The highest BCUT2D eigenvalue weighted by molar-refractivity contribution is 7.10. The fraction of sp³-hybridized carbons (Fsp3) is 0.182. The van der Waals surface area contributed by atoms with Crippen LogP contribution in [-0.2, 0) is 9.59 Å². The first-order chi connectivity index (χ1) is 14.0. The highest BCUT2D eigenvalue weighted by Gasteiger charge is 2.19. The Balaban J connectivity index is 1.56. The summed E-state index contributed by atoms with van der Waals surface area (Å²) in [5.41, 5.74) is 1.38. The van der Waals surface area contributed by atoms with Gasteiger partial charge in [-0.2, -0.15) is 0 Å². The normalized spacial score (nSPS) is 11.8. The molecule has 3 aromatic rings. The summed E-state index contributed by atoms with van der Waals surface area (Å²) in [6, 6.07) is 19.1. The molecule has 5 nitrogen and oxygen atoms in total. The number of anilines is 1. The summed E-state index contributed by atoms with van der Waals surface area (Å²) in [6.45, 7) is 0.0736. The highest BCUT2D eigenvalue weighted by Crippen LogP contribution is 2.25. The Bertz CT molecular complexity index is 948. The molecule has 0 saturated heterocycles. The second-order valence-corrected chi connectivity index (χ2v) is 7.64. The molecule has 3 rings (SSSR count). The summed E-state index contributed by atoms with van der Waals surface area (Å²) in [4.78, 5) is 27.4. The van der Waals surface area contributed by atoms with Crippen LogP contribution in [0.15, 0.2) is 72.1 Å². The van der Waals surface area contributed by atoms with Gasteiger partial charge >= 0.3 is 0 Å². The largest absolute Gasteiger partial charge is 0.343 e. The predicted molar refractivity (Wildman–Crippen MR) is 113 cm³/mol. The Morgan fingerprint density at radius 1 is 1.00 bits per heavy atom. The maximum absolute atomic E-state index is 13.2. The quantitative estimate of drug-likeness (QED) is 0.595. The van der Waals surface area contributed by atoms with Crippen molar-refractivity contribution in [1.29, 1.82) is 0 Å². The second-order valence-electron chi connectivity index (χ2n) is 6.66. The molecule has 0 radical (unpaired) electrons. The average molecular weight is 412 g/mol. The van der Waals surface area contributed by atoms with E-state index in [0.717, 1.165) is 10.4 Å². The number of likely N-dealkylation sites (N-methyl/N-ethyl adjacent to an activating group) is 1. The molecule has 0 fully saturated rings. The monoisotopic (exact) mass is 411 g/mol. The predicted octanol–water partition coefficient (Wildman–Crippen LogP) is 3.66. The van der Waals surface area contributed by atoms with Crippen LogP contribution in [0.1, 0.15) is 16.5 Å². The van der Waals surface area contributed by atoms with Gasteiger partial charge in [0.1, 0.15) is 5.82 Å². The SMILES string of the molecule is CN(CC(=O)Nc1cccc(F)c1)CC(=O)N[C@H](c1ccccc1)c1cccs1. The minimum Gasteiger partial charge on any atom is -0.343 e. The van der Waals surface area contributed by atoms with Crippen LogP contribution in [0.4, 0.5) is 10.1 Å². The van der Waals surface area contributed by atoms with Crippen LogP contribution in [0.2, 0.25) is 0 Å². The van der Waals surface area contributed by atoms with Crippen LogP contribution in [-0.4, -0.2) is 36.9 Å². The number of halogens is 1. The lowest BCUT2D eigenvalue weighted by molar-refractivity contribution is -0.123. The maximum atomic E-state index is 13.2. The van der Waals surface area contributed by atoms with E-state index in [1.54, 1.807) is 29.4 Å². The summed E-state index contributed by atoms with van der Waals surface area (Å²) in [6.07, 6.45) is 0. The van der Waals surface area contributed by atoms with Gasteiger partial charge in [-0.25, -0.2) is 4.39 Å². The van der Waals surface area contributed by atoms with Crippen molar-refractivity contribution in [2.45, 2.75) is 6.04 Å². The molecular formula is C22H22FN3O2S. The minimum absolute atomic E-state index is 0.0128. The molecule has 2 amide bonds. The fourth-order valence-corrected chi connectivity index (χ4v) is 3.74. The standard InChI is InChI=1S/C22H22FN3O2S/c1-26(14-20(27)24-18-10-5-9-17(23)13-18)15-21(28)25-22(19-11-6-12-29-19)16-7-3-2-4-8-16/h2-13,22H,14-15H2,1H3,(H,24,27)(H,25,28)/t22-/m1/s1. The summed E-state index contributed by atoms with van der Waals surface area (Å²) < 4.78 is 13.2. The van der Waals surface area contributed by atoms with Crippen LogP contribution in [0, 0.1) is 5.82 Å². The van der Waals surface area contributed by atoms with E-state index in [-0.39, 0.29) is 30.9 Å². The third kappa shape index (κ3) is 6.23. The molecule has 0 saturated carbocycles. The van der Waals surface area contributed by atoms with Crippen molar-refractivity contribution >= 4 is 28.8 Å². The first-order valence-electron chi connectivity index (χ1n) is 9.13. The van der Waals surface area contributed by atoms with Gasteiger partial charge in [-0.1, -0.05) is 42.5 Å². The maximum Gasteiger partial charge on any atom is 0.238 e. The molecule has 0 bridgehead atoms. The van der Waals surface area contributed by atoms with Crippen LogP contribution < -0.4 is 10.6 Å². The van der Waals surface area contributed by atoms with Crippen molar-refractivity contribution in [1.82, 2.24) is 10.2 Å². The number of rotatable bonds is 8. The van der Waals surface area contributed by atoms with Crippen LogP contribution in [0.25, 0.3) is 0 Å². The summed E-state index contributed by atoms with van der Waals surface area (Å²) in [5.74, 6) is -0.923. The minimum atomic E-state index is -0.420. The molecule has 29 heavy (non-hydrogen) atoms. The first-order valence-corrected chi connectivity index (χ1v) is 10.0. The lowest BCUT2D eigenvalue weighted by atomic mass is 10.1. The number of carbonyl (C=O) groups excluding carboxylic acids is 2. The fourth-order valence-electron chi connectivity index (χ4n) is 2.94. The molecule has 2 N–H and O–H groups in total. The highest BCUT2D eigenvalue weighted by atomic mass is 32.1. The van der Waals surface area contributed by atoms with Crippen molar-refractivity contribution < 1.29 is 14.0 Å². The zero-order chi connectivity index (χ0) is 20.6. The van der Waals surface area contributed by atoms with E-state index in [0.29, 0.717) is 5.69 Å². The molecule has 1 heterocycles. The van der Waals surface area contributed by atoms with E-state index in [2.05, 4.69) is 10.6 Å². The number of thiophene rings is 1. The van der Waals surface area contributed by atoms with E-state index in [9.17, 15) is 14.0 Å². The Hall–Kier alpha value is -3.03. The molecular weight excluding hydrogens is 389 g/mol. The van der Waals surface area contributed by atoms with Crippen molar-refractivity contribution in [2.75, 3.05) is 25.5 Å². The van der Waals surface area contributed by atoms with Gasteiger partial charge < -0.3 is 10.6 Å². The lowest BCUT2D eigenvalue weighted by Gasteiger charge is -2.21. The van der Waals surface area contributed by atoms with E-state index < -0.39 is 5.82 Å². The Labute approximate surface area is 173 Å². The van der Waals surface area contributed by atoms with Crippen molar-refractivity contribution in [3.8, 4) is 0 Å². The van der Waals surface area contributed by atoms with Gasteiger partial charge in [-0.15, -0.1) is 11.3 Å². The van der Waals surface area contributed by atoms with Gasteiger partial charge in [-0.05, 0) is 42.3 Å². The number of amides is 2. The van der Waals surface area contributed by atoms with E-state index in [1.807, 2.05) is 47.8 Å². The van der Waals surface area contributed by atoms with Crippen LogP contribution in [0.5, 0.6) is 0 Å². The van der Waals surface area contributed by atoms with E-state index in [1.165, 1.54) is 18.2 Å². The van der Waals surface area contributed by atoms with Gasteiger partial charge in [0.2, 0.25) is 11.8 Å². The van der Waals surface area contributed by atoms with Crippen molar-refractivity contribution in [2.24, 2.45) is 0 Å². The van der Waals surface area contributed by atoms with E-state index >= 15 is 0 Å². The number of hydrogen-bond donors (Lipinski definition) is 2. The molecule has 150 valence electrons. The molecule has 0 spiro atoms. The number of carbonyl (C=O) groups is 2. The summed E-state index contributed by atoms with van der Waals surface area (Å²) >= 11 is 1.58. The summed E-state index contributed by atoms with van der Waals surface area (Å²) in [7, 11) is 1.69. The van der Waals surface area contributed by atoms with Gasteiger partial charge in [0.15, 0.2) is 0 Å². The van der Waals surface area contributed by atoms with Gasteiger partial charge in [0.05, 0.1) is 19.1 Å². The van der Waals surface area contributed by atoms with Gasteiger partial charge in [0.25, 0.3) is 0 Å². The van der Waals surface area contributed by atoms with Crippen molar-refractivity contribution in [3.63, 3.8) is 0 Å². The van der Waals surface area contributed by atoms with Crippen LogP contribution >= 0.6 is 11.3 Å². The molecule has 7 heteroatoms. The average Bonchev–Trinajstić information content (AvgIpc) is 3.21. The molecule has 1 aromatic heterocycles. The zero-order valence-corrected chi connectivity index (χ0v) is 16.8. The number of benzene rings is 2. The molecule has 0 aliphatic heterocycles. The molecule has 0 aliphatic rings. The molecule has 0 unspecified atom stereocenters. The molecule has 0 aliphatic carbocycles.